The number of pyridine rings is 1. The Balaban J connectivity index is 1.64. The van der Waals surface area contributed by atoms with Crippen LogP contribution in [0.5, 0.6) is 5.75 Å². The SMILES string of the molecule is O=c1[nH]ccc2cc(OC3C[C@H]4CC[C@@H](C3)N4)c(Cl)cc12. The topological polar surface area (TPSA) is 54.1 Å². The molecule has 4 nitrogen and oxygen atoms in total. The van der Waals surface area contributed by atoms with Crippen LogP contribution in [0.3, 0.4) is 0 Å². The number of nitrogens with one attached hydrogen (secondary N) is 2. The van der Waals surface area contributed by atoms with Crippen molar-refractivity contribution in [2.45, 2.75) is 43.9 Å². The summed E-state index contributed by atoms with van der Waals surface area (Å²) in [4.78, 5) is 14.4. The van der Waals surface area contributed by atoms with Crippen molar-refractivity contribution >= 4 is 22.4 Å². The van der Waals surface area contributed by atoms with Gasteiger partial charge in [-0.2, -0.15) is 0 Å². The van der Waals surface area contributed by atoms with Crippen LogP contribution < -0.4 is 15.6 Å². The van der Waals surface area contributed by atoms with E-state index in [0.29, 0.717) is 28.2 Å². The Labute approximate surface area is 127 Å². The summed E-state index contributed by atoms with van der Waals surface area (Å²) in [6, 6.07) is 6.59. The molecule has 3 heterocycles. The molecule has 21 heavy (non-hydrogen) atoms. The van der Waals surface area contributed by atoms with Crippen molar-refractivity contribution in [1.29, 1.82) is 0 Å². The third-order valence-electron chi connectivity index (χ3n) is 4.55. The van der Waals surface area contributed by atoms with Crippen LogP contribution in [0.25, 0.3) is 10.8 Å². The number of H-pyrrole nitrogens is 1. The molecule has 4 rings (SSSR count). The first kappa shape index (κ1) is 13.2. The Kier molecular flexibility index (Phi) is 3.16. The molecule has 2 aromatic rings. The van der Waals surface area contributed by atoms with E-state index in [9.17, 15) is 4.79 Å². The summed E-state index contributed by atoms with van der Waals surface area (Å²) in [5, 5.41) is 5.56. The lowest BCUT2D eigenvalue weighted by Crippen LogP contribution is -2.42. The monoisotopic (exact) mass is 304 g/mol. The van der Waals surface area contributed by atoms with Gasteiger partial charge in [-0.15, -0.1) is 0 Å². The van der Waals surface area contributed by atoms with Crippen LogP contribution in [-0.4, -0.2) is 23.2 Å². The van der Waals surface area contributed by atoms with Crippen LogP contribution >= 0.6 is 11.6 Å². The Morgan fingerprint density at radius 1 is 1.19 bits per heavy atom. The highest BCUT2D eigenvalue weighted by Crippen LogP contribution is 2.34. The summed E-state index contributed by atoms with van der Waals surface area (Å²) in [5.74, 6) is 0.682. The number of halogens is 1. The molecule has 5 heteroatoms. The number of hydrogen-bond acceptors (Lipinski definition) is 3. The molecule has 0 amide bonds. The average Bonchev–Trinajstić information content (AvgIpc) is 2.80. The Morgan fingerprint density at radius 2 is 1.95 bits per heavy atom. The highest BCUT2D eigenvalue weighted by atomic mass is 35.5. The molecule has 2 aliphatic heterocycles. The van der Waals surface area contributed by atoms with Crippen LogP contribution in [0.1, 0.15) is 25.7 Å². The molecule has 3 atom stereocenters. The lowest BCUT2D eigenvalue weighted by atomic mass is 10.0. The van der Waals surface area contributed by atoms with Gasteiger partial charge in [0.15, 0.2) is 0 Å². The second-order valence-electron chi connectivity index (χ2n) is 6.03. The van der Waals surface area contributed by atoms with Crippen LogP contribution in [0.4, 0.5) is 0 Å². The predicted molar refractivity (Wildman–Crippen MR) is 83.2 cm³/mol. The quantitative estimate of drug-likeness (QED) is 0.897. The fourth-order valence-electron chi connectivity index (χ4n) is 3.56. The van der Waals surface area contributed by atoms with E-state index in [4.69, 9.17) is 16.3 Å². The van der Waals surface area contributed by atoms with Gasteiger partial charge in [-0.3, -0.25) is 4.79 Å². The first-order valence-corrected chi connectivity index (χ1v) is 7.80. The van der Waals surface area contributed by atoms with E-state index in [1.807, 2.05) is 12.1 Å². The molecule has 0 aliphatic carbocycles. The van der Waals surface area contributed by atoms with Gasteiger partial charge < -0.3 is 15.0 Å². The molecule has 2 N–H and O–H groups in total. The zero-order valence-corrected chi connectivity index (χ0v) is 12.3. The second kappa shape index (κ2) is 5.04. The number of hydrogen-bond donors (Lipinski definition) is 2. The summed E-state index contributed by atoms with van der Waals surface area (Å²) in [6.45, 7) is 0. The number of ether oxygens (including phenoxy) is 1. The third kappa shape index (κ3) is 2.43. The number of aromatic nitrogens is 1. The average molecular weight is 305 g/mol. The van der Waals surface area contributed by atoms with Crippen molar-refractivity contribution in [1.82, 2.24) is 10.3 Å². The van der Waals surface area contributed by atoms with Crippen molar-refractivity contribution in [2.75, 3.05) is 0 Å². The van der Waals surface area contributed by atoms with Crippen molar-refractivity contribution in [3.8, 4) is 5.75 Å². The minimum absolute atomic E-state index is 0.124. The fourth-order valence-corrected chi connectivity index (χ4v) is 3.77. The van der Waals surface area contributed by atoms with Gasteiger partial charge in [0, 0.05) is 23.7 Å². The van der Waals surface area contributed by atoms with Gasteiger partial charge in [-0.1, -0.05) is 11.6 Å². The van der Waals surface area contributed by atoms with Crippen LogP contribution in [-0.2, 0) is 0 Å². The van der Waals surface area contributed by atoms with E-state index in [-0.39, 0.29) is 11.7 Å². The molecule has 0 saturated carbocycles. The van der Waals surface area contributed by atoms with Crippen LogP contribution in [0, 0.1) is 0 Å². The molecule has 0 radical (unpaired) electrons. The van der Waals surface area contributed by atoms with E-state index in [0.717, 1.165) is 18.2 Å². The van der Waals surface area contributed by atoms with Crippen molar-refractivity contribution in [3.05, 3.63) is 39.8 Å². The molecule has 2 saturated heterocycles. The first-order valence-electron chi connectivity index (χ1n) is 7.43. The summed E-state index contributed by atoms with van der Waals surface area (Å²) in [7, 11) is 0. The summed E-state index contributed by atoms with van der Waals surface area (Å²) >= 11 is 6.29. The molecular formula is C16H17ClN2O2. The maximum absolute atomic E-state index is 11.8. The molecule has 0 spiro atoms. The molecule has 1 aromatic heterocycles. The van der Waals surface area contributed by atoms with Crippen LogP contribution in [0.2, 0.25) is 5.02 Å². The Morgan fingerprint density at radius 3 is 2.71 bits per heavy atom. The predicted octanol–water partition coefficient (Wildman–Crippen LogP) is 2.84. The molecule has 2 aliphatic rings. The molecule has 2 fully saturated rings. The maximum atomic E-state index is 11.8. The zero-order chi connectivity index (χ0) is 14.4. The van der Waals surface area contributed by atoms with Gasteiger partial charge in [-0.05, 0) is 49.3 Å². The minimum Gasteiger partial charge on any atom is -0.489 e. The van der Waals surface area contributed by atoms with E-state index in [1.165, 1.54) is 12.8 Å². The van der Waals surface area contributed by atoms with Gasteiger partial charge >= 0.3 is 0 Å². The molecule has 110 valence electrons. The first-order chi connectivity index (χ1) is 10.2. The highest BCUT2D eigenvalue weighted by Gasteiger charge is 2.34. The lowest BCUT2D eigenvalue weighted by molar-refractivity contribution is 0.137. The minimum atomic E-state index is -0.124. The van der Waals surface area contributed by atoms with Crippen molar-refractivity contribution in [2.24, 2.45) is 0 Å². The number of fused-ring (bicyclic) bond motifs is 3. The van der Waals surface area contributed by atoms with Crippen molar-refractivity contribution in [3.63, 3.8) is 0 Å². The molecule has 2 bridgehead atoms. The largest absolute Gasteiger partial charge is 0.489 e. The Bertz CT molecular complexity index is 731. The zero-order valence-electron chi connectivity index (χ0n) is 11.6. The van der Waals surface area contributed by atoms with Gasteiger partial charge in [-0.25, -0.2) is 0 Å². The van der Waals surface area contributed by atoms with E-state index >= 15 is 0 Å². The Hall–Kier alpha value is -1.52. The number of benzene rings is 1. The van der Waals surface area contributed by atoms with E-state index in [2.05, 4.69) is 10.3 Å². The summed E-state index contributed by atoms with van der Waals surface area (Å²) in [5.41, 5.74) is -0.124. The van der Waals surface area contributed by atoms with Gasteiger partial charge in [0.1, 0.15) is 11.9 Å². The molecule has 1 aromatic carbocycles. The smallest absolute Gasteiger partial charge is 0.255 e. The van der Waals surface area contributed by atoms with E-state index in [1.54, 1.807) is 12.3 Å². The van der Waals surface area contributed by atoms with Crippen molar-refractivity contribution < 1.29 is 4.74 Å². The molecular weight excluding hydrogens is 288 g/mol. The molecule has 1 unspecified atom stereocenters. The number of rotatable bonds is 2. The number of aromatic amines is 1. The number of piperidine rings is 1. The van der Waals surface area contributed by atoms with Gasteiger partial charge in [0.2, 0.25) is 0 Å². The fraction of sp³-hybridized carbons (Fsp3) is 0.438. The maximum Gasteiger partial charge on any atom is 0.255 e. The van der Waals surface area contributed by atoms with Gasteiger partial charge in [0.05, 0.1) is 5.02 Å². The second-order valence-corrected chi connectivity index (χ2v) is 6.43. The van der Waals surface area contributed by atoms with E-state index < -0.39 is 0 Å². The summed E-state index contributed by atoms with van der Waals surface area (Å²) < 4.78 is 6.13. The summed E-state index contributed by atoms with van der Waals surface area (Å²) in [6.07, 6.45) is 6.39. The third-order valence-corrected chi connectivity index (χ3v) is 4.84. The standard InChI is InChI=1S/C16H17ClN2O2/c17-14-8-13-9(3-4-18-16(13)20)5-15(14)21-12-6-10-1-2-11(7-12)19-10/h3-5,8,10-12,19H,1-2,6-7H2,(H,18,20)/t10-,11+,12?. The van der Waals surface area contributed by atoms with Crippen LogP contribution in [0.15, 0.2) is 29.2 Å². The highest BCUT2D eigenvalue weighted by molar-refractivity contribution is 6.32. The lowest BCUT2D eigenvalue weighted by Gasteiger charge is -2.29. The normalized spacial score (nSPS) is 28.0. The van der Waals surface area contributed by atoms with Gasteiger partial charge in [0.25, 0.3) is 5.56 Å².